The van der Waals surface area contributed by atoms with E-state index in [1.54, 1.807) is 0 Å². The molecule has 0 spiro atoms. The fraction of sp³-hybridized carbons (Fsp3) is 0.900. The van der Waals surface area contributed by atoms with Crippen LogP contribution in [0.3, 0.4) is 0 Å². The van der Waals surface area contributed by atoms with E-state index < -0.39 is 0 Å². The van der Waals surface area contributed by atoms with Gasteiger partial charge in [-0.15, -0.1) is 0 Å². The third-order valence-corrected chi connectivity index (χ3v) is 7.04. The molecule has 3 saturated heterocycles. The quantitative estimate of drug-likeness (QED) is 0.733. The lowest BCUT2D eigenvalue weighted by molar-refractivity contribution is -0.155. The Morgan fingerprint density at radius 1 is 1.15 bits per heavy atom. The molecule has 4 atom stereocenters. The highest BCUT2D eigenvalue weighted by atomic mass is 16.2. The molecule has 7 heteroatoms. The summed E-state index contributed by atoms with van der Waals surface area (Å²) < 4.78 is 0. The van der Waals surface area contributed by atoms with Crippen LogP contribution < -0.4 is 10.7 Å². The zero-order valence-electron chi connectivity index (χ0n) is 16.7. The molecule has 0 aromatic carbocycles. The number of piperazine rings is 1. The van der Waals surface area contributed by atoms with Crippen molar-refractivity contribution >= 4 is 11.8 Å². The molecule has 3 heterocycles. The van der Waals surface area contributed by atoms with Crippen LogP contribution in [0.25, 0.3) is 0 Å². The van der Waals surface area contributed by atoms with Gasteiger partial charge in [-0.2, -0.15) is 0 Å². The minimum absolute atomic E-state index is 0.00104. The Balaban J connectivity index is 1.32. The zero-order valence-corrected chi connectivity index (χ0v) is 16.7. The summed E-state index contributed by atoms with van der Waals surface area (Å²) in [6.45, 7) is 7.74. The highest BCUT2D eigenvalue weighted by Crippen LogP contribution is 2.37. The molecule has 4 unspecified atom stereocenters. The molecule has 2 amide bonds. The molecule has 4 rings (SSSR count). The van der Waals surface area contributed by atoms with Crippen molar-refractivity contribution in [2.75, 3.05) is 39.3 Å². The van der Waals surface area contributed by atoms with Crippen molar-refractivity contribution < 1.29 is 9.59 Å². The lowest BCUT2D eigenvalue weighted by Crippen LogP contribution is -2.68. The van der Waals surface area contributed by atoms with Crippen LogP contribution in [0.2, 0.25) is 0 Å². The van der Waals surface area contributed by atoms with E-state index in [9.17, 15) is 9.59 Å². The van der Waals surface area contributed by atoms with Gasteiger partial charge in [0.2, 0.25) is 11.8 Å². The number of amides is 2. The van der Waals surface area contributed by atoms with Gasteiger partial charge in [-0.25, -0.2) is 5.01 Å². The van der Waals surface area contributed by atoms with Crippen LogP contribution in [0, 0.1) is 5.92 Å². The van der Waals surface area contributed by atoms with Gasteiger partial charge < -0.3 is 15.1 Å². The molecule has 2 N–H and O–H groups in total. The Hall–Kier alpha value is -1.18. The lowest BCUT2D eigenvalue weighted by atomic mass is 9.78. The van der Waals surface area contributed by atoms with Crippen molar-refractivity contribution in [3.63, 3.8) is 0 Å². The molecular formula is C20H35N5O2. The minimum atomic E-state index is 0.00104. The number of hydrogen-bond acceptors (Lipinski definition) is 5. The monoisotopic (exact) mass is 377 g/mol. The molecule has 0 bridgehead atoms. The second-order valence-electron chi connectivity index (χ2n) is 8.58. The Morgan fingerprint density at radius 2 is 1.96 bits per heavy atom. The maximum Gasteiger partial charge on any atom is 0.241 e. The summed E-state index contributed by atoms with van der Waals surface area (Å²) in [6, 6.07) is 0.518. The number of carbonyl (C=O) groups excluding carboxylic acids is 2. The smallest absolute Gasteiger partial charge is 0.241 e. The fourth-order valence-electron chi connectivity index (χ4n) is 5.61. The van der Waals surface area contributed by atoms with Gasteiger partial charge in [0, 0.05) is 44.2 Å². The van der Waals surface area contributed by atoms with Gasteiger partial charge in [0.1, 0.15) is 6.04 Å². The topological polar surface area (TPSA) is 67.9 Å². The van der Waals surface area contributed by atoms with E-state index in [-0.39, 0.29) is 29.8 Å². The van der Waals surface area contributed by atoms with E-state index in [1.807, 2.05) is 4.90 Å². The van der Waals surface area contributed by atoms with Crippen molar-refractivity contribution in [3.05, 3.63) is 0 Å². The number of carbonyl (C=O) groups is 2. The number of nitrogens with zero attached hydrogens (tertiary/aromatic N) is 3. The summed E-state index contributed by atoms with van der Waals surface area (Å²) in [5.41, 5.74) is 3.43. The second-order valence-corrected chi connectivity index (χ2v) is 8.58. The molecule has 4 aliphatic rings. The van der Waals surface area contributed by atoms with Crippen LogP contribution in [-0.4, -0.2) is 84.0 Å². The second kappa shape index (κ2) is 8.45. The van der Waals surface area contributed by atoms with Crippen molar-refractivity contribution in [1.82, 2.24) is 25.6 Å². The van der Waals surface area contributed by atoms with Crippen LogP contribution in [-0.2, 0) is 9.59 Å². The average Bonchev–Trinajstić information content (AvgIpc) is 3.19. The van der Waals surface area contributed by atoms with Gasteiger partial charge in [0.05, 0.1) is 0 Å². The predicted molar refractivity (Wildman–Crippen MR) is 104 cm³/mol. The Kier molecular flexibility index (Phi) is 5.99. The van der Waals surface area contributed by atoms with E-state index in [2.05, 4.69) is 27.6 Å². The van der Waals surface area contributed by atoms with Crippen LogP contribution in [0.15, 0.2) is 0 Å². The molecule has 0 aromatic heterocycles. The zero-order chi connectivity index (χ0) is 18.8. The van der Waals surface area contributed by atoms with E-state index >= 15 is 0 Å². The van der Waals surface area contributed by atoms with Crippen LogP contribution >= 0.6 is 0 Å². The van der Waals surface area contributed by atoms with Crippen molar-refractivity contribution in [2.24, 2.45) is 5.92 Å². The first kappa shape index (κ1) is 19.2. The summed E-state index contributed by atoms with van der Waals surface area (Å²) in [4.78, 5) is 30.1. The first-order chi connectivity index (χ1) is 13.2. The van der Waals surface area contributed by atoms with Crippen molar-refractivity contribution in [1.29, 1.82) is 0 Å². The number of rotatable bonds is 5. The summed E-state index contributed by atoms with van der Waals surface area (Å²) in [5.74, 6) is 0.467. The fourth-order valence-corrected chi connectivity index (χ4v) is 5.61. The highest BCUT2D eigenvalue weighted by molar-refractivity contribution is 5.84. The molecule has 7 nitrogen and oxygen atoms in total. The molecule has 1 aliphatic carbocycles. The maximum absolute atomic E-state index is 12.9. The van der Waals surface area contributed by atoms with E-state index in [1.165, 1.54) is 32.4 Å². The molecule has 0 radical (unpaired) electrons. The number of likely N-dealkylation sites (N-methyl/N-ethyl adjacent to an activating group) is 1. The average molecular weight is 378 g/mol. The van der Waals surface area contributed by atoms with Gasteiger partial charge in [0.15, 0.2) is 0 Å². The van der Waals surface area contributed by atoms with Crippen molar-refractivity contribution in [2.45, 2.75) is 70.0 Å². The lowest BCUT2D eigenvalue weighted by Gasteiger charge is -2.51. The van der Waals surface area contributed by atoms with Crippen LogP contribution in [0.5, 0.6) is 0 Å². The van der Waals surface area contributed by atoms with Crippen LogP contribution in [0.4, 0.5) is 0 Å². The number of piperidine rings is 1. The molecule has 152 valence electrons. The largest absolute Gasteiger partial charge is 0.355 e. The first-order valence-corrected chi connectivity index (χ1v) is 11.0. The molecule has 0 aromatic rings. The Labute approximate surface area is 162 Å². The predicted octanol–water partition coefficient (Wildman–Crippen LogP) is 0.567. The summed E-state index contributed by atoms with van der Waals surface area (Å²) in [6.07, 6.45) is 7.52. The third kappa shape index (κ3) is 3.87. The summed E-state index contributed by atoms with van der Waals surface area (Å²) in [5, 5.41) is 5.38. The van der Waals surface area contributed by atoms with Gasteiger partial charge >= 0.3 is 0 Å². The minimum Gasteiger partial charge on any atom is -0.355 e. The van der Waals surface area contributed by atoms with Gasteiger partial charge in [0.25, 0.3) is 0 Å². The Morgan fingerprint density at radius 3 is 2.74 bits per heavy atom. The van der Waals surface area contributed by atoms with Crippen molar-refractivity contribution in [3.8, 4) is 0 Å². The van der Waals surface area contributed by atoms with Gasteiger partial charge in [-0.05, 0) is 58.5 Å². The Bertz CT molecular complexity index is 550. The molecule has 27 heavy (non-hydrogen) atoms. The standard InChI is InChI=1S/C20H35N5O2/c1-2-24-18-14-15(19(26)21-10-13-23-11-4-3-5-12-23)6-7-16(18)25-17(20(24)27)8-9-22-25/h15-18,22H,2-14H2,1H3,(H,21,26). The molecular weight excluding hydrogens is 342 g/mol. The number of fused-ring (bicyclic) bond motifs is 3. The highest BCUT2D eigenvalue weighted by Gasteiger charge is 2.50. The van der Waals surface area contributed by atoms with E-state index in [0.717, 1.165) is 51.9 Å². The van der Waals surface area contributed by atoms with E-state index in [0.29, 0.717) is 6.04 Å². The van der Waals surface area contributed by atoms with Gasteiger partial charge in [-0.1, -0.05) is 6.42 Å². The molecule has 3 aliphatic heterocycles. The first-order valence-electron chi connectivity index (χ1n) is 11.0. The number of hydrazine groups is 1. The van der Waals surface area contributed by atoms with Gasteiger partial charge in [-0.3, -0.25) is 15.0 Å². The SMILES string of the molecule is CCN1C(=O)C2CCNN2C2CCC(C(=O)NCCN3CCCCC3)CC21. The van der Waals surface area contributed by atoms with Crippen LogP contribution in [0.1, 0.15) is 51.9 Å². The number of likely N-dealkylation sites (tertiary alicyclic amines) is 1. The van der Waals surface area contributed by atoms with E-state index in [4.69, 9.17) is 0 Å². The third-order valence-electron chi connectivity index (χ3n) is 7.04. The number of hydrogen-bond donors (Lipinski definition) is 2. The number of nitrogens with one attached hydrogen (secondary N) is 2. The summed E-state index contributed by atoms with van der Waals surface area (Å²) >= 11 is 0. The molecule has 1 saturated carbocycles. The summed E-state index contributed by atoms with van der Waals surface area (Å²) in [7, 11) is 0. The molecule has 4 fully saturated rings. The maximum atomic E-state index is 12.9. The normalized spacial score (nSPS) is 35.0.